The summed E-state index contributed by atoms with van der Waals surface area (Å²) in [7, 11) is 1.65. The Balaban J connectivity index is 1.57. The first kappa shape index (κ1) is 22.5. The first-order valence-electron chi connectivity index (χ1n) is 10.9. The van der Waals surface area contributed by atoms with Gasteiger partial charge in [0.15, 0.2) is 17.5 Å². The largest absolute Gasteiger partial charge is 0.493 e. The van der Waals surface area contributed by atoms with Gasteiger partial charge < -0.3 is 24.7 Å². The van der Waals surface area contributed by atoms with Crippen molar-refractivity contribution in [3.8, 4) is 11.5 Å². The van der Waals surface area contributed by atoms with Gasteiger partial charge in [0.05, 0.1) is 31.3 Å². The van der Waals surface area contributed by atoms with E-state index < -0.39 is 0 Å². The number of methoxy groups -OCH3 is 1. The van der Waals surface area contributed by atoms with Gasteiger partial charge in [-0.3, -0.25) is 0 Å². The van der Waals surface area contributed by atoms with Crippen molar-refractivity contribution in [1.29, 1.82) is 0 Å². The van der Waals surface area contributed by atoms with Crippen molar-refractivity contribution in [2.75, 3.05) is 26.8 Å². The van der Waals surface area contributed by atoms with Crippen molar-refractivity contribution in [2.45, 2.75) is 40.3 Å². The average Bonchev–Trinajstić information content (AvgIpc) is 3.10. The number of hydrogen-bond acceptors (Lipinski definition) is 4. The molecule has 2 N–H and O–H groups in total. The minimum atomic E-state index is 0.560. The molecule has 0 spiro atoms. The lowest BCUT2D eigenvalue weighted by molar-refractivity contribution is 0.310. The number of nitrogens with zero attached hydrogens (tertiary/aromatic N) is 3. The Morgan fingerprint density at radius 3 is 2.71 bits per heavy atom. The topological polar surface area (TPSA) is 72.7 Å². The third-order valence-electron chi connectivity index (χ3n) is 4.99. The number of nitrogens with one attached hydrogen (secondary N) is 2. The molecule has 0 saturated carbocycles. The number of para-hydroxylation sites is 2. The molecule has 3 rings (SSSR count). The number of benzene rings is 2. The summed E-state index contributed by atoms with van der Waals surface area (Å²) < 4.78 is 13.3. The maximum atomic E-state index is 5.67. The van der Waals surface area contributed by atoms with Crippen LogP contribution in [0.2, 0.25) is 0 Å². The van der Waals surface area contributed by atoms with Crippen LogP contribution < -0.4 is 20.1 Å². The van der Waals surface area contributed by atoms with Gasteiger partial charge in [0.25, 0.3) is 0 Å². The van der Waals surface area contributed by atoms with Gasteiger partial charge in [-0.05, 0) is 57.0 Å². The van der Waals surface area contributed by atoms with Crippen molar-refractivity contribution < 1.29 is 9.47 Å². The first-order chi connectivity index (χ1) is 15.2. The number of aliphatic imine (C=N–C) groups is 1. The van der Waals surface area contributed by atoms with Crippen LogP contribution in [0.1, 0.15) is 31.7 Å². The van der Waals surface area contributed by atoms with E-state index in [1.54, 1.807) is 7.11 Å². The highest BCUT2D eigenvalue weighted by molar-refractivity contribution is 5.79. The summed E-state index contributed by atoms with van der Waals surface area (Å²) in [5.74, 6) is 3.34. The number of imidazole rings is 1. The third-order valence-corrected chi connectivity index (χ3v) is 4.99. The molecule has 2 aromatic carbocycles. The molecule has 0 atom stereocenters. The molecule has 0 radical (unpaired) electrons. The minimum Gasteiger partial charge on any atom is -0.493 e. The Hall–Kier alpha value is -3.22. The lowest BCUT2D eigenvalue weighted by atomic mass is 10.2. The molecule has 0 bridgehead atoms. The summed E-state index contributed by atoms with van der Waals surface area (Å²) in [6.07, 6.45) is 0.975. The predicted octanol–water partition coefficient (Wildman–Crippen LogP) is 3.90. The summed E-state index contributed by atoms with van der Waals surface area (Å²) in [6.45, 7) is 9.79. The van der Waals surface area contributed by atoms with E-state index in [1.807, 2.05) is 31.2 Å². The van der Waals surface area contributed by atoms with E-state index in [4.69, 9.17) is 14.5 Å². The number of fused-ring (bicyclic) bond motifs is 1. The van der Waals surface area contributed by atoms with Gasteiger partial charge in [0.1, 0.15) is 5.82 Å². The molecule has 166 valence electrons. The highest BCUT2D eigenvalue weighted by atomic mass is 16.5. The third kappa shape index (κ3) is 5.90. The molecule has 1 aromatic heterocycles. The van der Waals surface area contributed by atoms with E-state index in [9.17, 15) is 0 Å². The number of ether oxygens (including phenoxy) is 2. The van der Waals surface area contributed by atoms with Crippen molar-refractivity contribution in [2.24, 2.45) is 4.99 Å². The summed E-state index contributed by atoms with van der Waals surface area (Å²) in [5.41, 5.74) is 3.31. The van der Waals surface area contributed by atoms with Crippen LogP contribution in [-0.4, -0.2) is 42.3 Å². The number of aromatic nitrogens is 2. The summed E-state index contributed by atoms with van der Waals surface area (Å²) >= 11 is 0. The molecule has 0 unspecified atom stereocenters. The zero-order valence-corrected chi connectivity index (χ0v) is 18.9. The maximum absolute atomic E-state index is 5.67. The van der Waals surface area contributed by atoms with Gasteiger partial charge in [-0.1, -0.05) is 18.2 Å². The molecule has 0 aliphatic carbocycles. The molecule has 1 heterocycles. The second-order valence-corrected chi connectivity index (χ2v) is 7.19. The Kier molecular flexibility index (Phi) is 8.15. The summed E-state index contributed by atoms with van der Waals surface area (Å²) in [6, 6.07) is 14.2. The second kappa shape index (κ2) is 11.2. The fraction of sp³-hybridized carbons (Fsp3) is 0.417. The van der Waals surface area contributed by atoms with Crippen molar-refractivity contribution in [3.63, 3.8) is 0 Å². The fourth-order valence-corrected chi connectivity index (χ4v) is 3.52. The lowest BCUT2D eigenvalue weighted by Crippen LogP contribution is -2.38. The zero-order chi connectivity index (χ0) is 22.1. The number of rotatable bonds is 10. The van der Waals surface area contributed by atoms with Crippen LogP contribution in [0.3, 0.4) is 0 Å². The van der Waals surface area contributed by atoms with E-state index >= 15 is 0 Å². The summed E-state index contributed by atoms with van der Waals surface area (Å²) in [5, 5.41) is 6.75. The first-order valence-corrected chi connectivity index (χ1v) is 10.9. The fourth-order valence-electron chi connectivity index (χ4n) is 3.52. The Morgan fingerprint density at radius 1 is 1.10 bits per heavy atom. The highest BCUT2D eigenvalue weighted by Gasteiger charge is 2.07. The number of aryl methyl sites for hydroxylation is 2. The van der Waals surface area contributed by atoms with E-state index in [0.29, 0.717) is 13.2 Å². The molecule has 7 heteroatoms. The van der Waals surface area contributed by atoms with Crippen LogP contribution in [0.25, 0.3) is 11.0 Å². The van der Waals surface area contributed by atoms with E-state index in [0.717, 1.165) is 60.4 Å². The van der Waals surface area contributed by atoms with Gasteiger partial charge in [-0.25, -0.2) is 9.98 Å². The van der Waals surface area contributed by atoms with Gasteiger partial charge in [-0.2, -0.15) is 0 Å². The molecule has 7 nitrogen and oxygen atoms in total. The van der Waals surface area contributed by atoms with Crippen LogP contribution in [0.5, 0.6) is 11.5 Å². The van der Waals surface area contributed by atoms with Crippen molar-refractivity contribution in [1.82, 2.24) is 20.2 Å². The van der Waals surface area contributed by atoms with Crippen molar-refractivity contribution in [3.05, 3.63) is 53.9 Å². The van der Waals surface area contributed by atoms with E-state index in [2.05, 4.69) is 52.2 Å². The van der Waals surface area contributed by atoms with Gasteiger partial charge in [0.2, 0.25) is 0 Å². The molecule has 3 aromatic rings. The van der Waals surface area contributed by atoms with Crippen LogP contribution in [0, 0.1) is 6.92 Å². The number of hydrogen-bond donors (Lipinski definition) is 2. The van der Waals surface area contributed by atoms with Gasteiger partial charge in [0, 0.05) is 19.6 Å². The smallest absolute Gasteiger partial charge is 0.191 e. The molecular weight excluding hydrogens is 390 g/mol. The van der Waals surface area contributed by atoms with Gasteiger partial charge >= 0.3 is 0 Å². The van der Waals surface area contributed by atoms with Crippen molar-refractivity contribution >= 4 is 17.0 Å². The quantitative estimate of drug-likeness (QED) is 0.294. The molecule has 0 saturated heterocycles. The van der Waals surface area contributed by atoms with E-state index in [1.165, 1.54) is 5.52 Å². The van der Waals surface area contributed by atoms with Gasteiger partial charge in [-0.15, -0.1) is 0 Å². The monoisotopic (exact) mass is 423 g/mol. The standard InChI is InChI=1S/C24H33N5O2/c1-5-25-24(27-17-19-12-13-22(30-4)23(16-19)31-6-2)26-14-9-15-29-18(3)28-20-10-7-8-11-21(20)29/h7-8,10-13,16H,5-6,9,14-15,17H2,1-4H3,(H2,25,26,27). The van der Waals surface area contributed by atoms with E-state index in [-0.39, 0.29) is 0 Å². The predicted molar refractivity (Wildman–Crippen MR) is 126 cm³/mol. The normalized spacial score (nSPS) is 11.5. The Labute approximate surface area is 184 Å². The van der Waals surface area contributed by atoms with Crippen LogP contribution in [-0.2, 0) is 13.1 Å². The van der Waals surface area contributed by atoms with Crippen LogP contribution >= 0.6 is 0 Å². The molecule has 0 amide bonds. The van der Waals surface area contributed by atoms with Crippen LogP contribution in [0.15, 0.2) is 47.5 Å². The Morgan fingerprint density at radius 2 is 1.94 bits per heavy atom. The lowest BCUT2D eigenvalue weighted by Gasteiger charge is -2.13. The Bertz CT molecular complexity index is 1010. The maximum Gasteiger partial charge on any atom is 0.191 e. The van der Waals surface area contributed by atoms with Crippen LogP contribution in [0.4, 0.5) is 0 Å². The second-order valence-electron chi connectivity index (χ2n) is 7.19. The SMILES string of the molecule is CCNC(=NCc1ccc(OC)c(OCC)c1)NCCCn1c(C)nc2ccccc21. The minimum absolute atomic E-state index is 0.560. The number of guanidine groups is 1. The summed E-state index contributed by atoms with van der Waals surface area (Å²) in [4.78, 5) is 9.36. The average molecular weight is 424 g/mol. The zero-order valence-electron chi connectivity index (χ0n) is 18.9. The molecule has 0 fully saturated rings. The molecular formula is C24H33N5O2. The molecule has 0 aliphatic rings. The molecule has 0 aliphatic heterocycles. The molecule has 31 heavy (non-hydrogen) atoms. The highest BCUT2D eigenvalue weighted by Crippen LogP contribution is 2.28.